The third-order valence-corrected chi connectivity index (χ3v) is 0. The normalized spacial score (nSPS) is 10.6. The van der Waals surface area contributed by atoms with Crippen molar-refractivity contribution in [2.75, 3.05) is 0 Å². The van der Waals surface area contributed by atoms with E-state index in [9.17, 15) is 0 Å². The second-order valence-corrected chi connectivity index (χ2v) is 3.40. The van der Waals surface area contributed by atoms with E-state index in [2.05, 4.69) is 0 Å². The van der Waals surface area contributed by atoms with E-state index in [1.807, 2.05) is 0 Å². The summed E-state index contributed by atoms with van der Waals surface area (Å²) >= 11 is 0. The molecule has 0 aliphatic rings. The van der Waals surface area contributed by atoms with Crippen molar-refractivity contribution < 1.29 is 125 Å². The molecule has 0 atom stereocenters. The van der Waals surface area contributed by atoms with Crippen LogP contribution in [0.3, 0.4) is 0 Å². The summed E-state index contributed by atoms with van der Waals surface area (Å²) in [5.41, 5.74) is 0. The first kappa shape index (κ1) is 31.2. The maximum absolute atomic E-state index is 8.49. The van der Waals surface area contributed by atoms with Crippen LogP contribution < -0.4 is 74.8 Å². The van der Waals surface area contributed by atoms with Crippen LogP contribution in [0.4, 0.5) is 0 Å². The van der Waals surface area contributed by atoms with Gasteiger partial charge in [-0.05, 0) is 0 Å². The third kappa shape index (κ3) is 1650. The quantitative estimate of drug-likeness (QED) is 0.359. The first-order chi connectivity index (χ1) is 6.00. The Kier molecular flexibility index (Phi) is 23.2. The van der Waals surface area contributed by atoms with E-state index in [1.165, 1.54) is 0 Å². The summed E-state index contributed by atoms with van der Waals surface area (Å²) in [6.45, 7) is 0. The molecule has 0 aromatic heterocycles. The maximum Gasteiger partial charge on any atom is 2.00 e. The second kappa shape index (κ2) is 12.6. The fraction of sp³-hybridized carbons (Fsp3) is 0. The average molecular weight is 371 g/mol. The Balaban J connectivity index is -0.0000000400. The fourth-order valence-corrected chi connectivity index (χ4v) is 0. The van der Waals surface area contributed by atoms with Gasteiger partial charge in [-0.2, -0.15) is 0 Å². The molecule has 96 valence electrons. The van der Waals surface area contributed by atoms with Crippen molar-refractivity contribution in [1.29, 1.82) is 0 Å². The Labute approximate surface area is 124 Å². The van der Waals surface area contributed by atoms with Crippen LogP contribution in [-0.2, 0) is 19.5 Å². The SMILES string of the molecule is [Li+].[O-][Cl+3]([O-])([O-])[O-].[O-][Cl+3]([O-])([O-])[O-].[O-][Cl+3]([O-])([O-])[O-].[Zn+2]. The number of hydrogen-bond donors (Lipinski definition) is 0. The molecule has 17 heteroatoms. The van der Waals surface area contributed by atoms with Crippen molar-refractivity contribution >= 4 is 0 Å². The summed E-state index contributed by atoms with van der Waals surface area (Å²) in [6.07, 6.45) is 0. The second-order valence-electron chi connectivity index (χ2n) is 1.13. The topological polar surface area (TPSA) is 277 Å². The number of hydrogen-bond acceptors (Lipinski definition) is 12. The van der Waals surface area contributed by atoms with Crippen LogP contribution in [0.2, 0.25) is 0 Å². The van der Waals surface area contributed by atoms with Crippen molar-refractivity contribution in [2.24, 2.45) is 0 Å². The van der Waals surface area contributed by atoms with E-state index in [-0.39, 0.29) is 38.3 Å². The van der Waals surface area contributed by atoms with Gasteiger partial charge in [0.05, 0.1) is 0 Å². The molecule has 12 nitrogen and oxygen atoms in total. The van der Waals surface area contributed by atoms with Gasteiger partial charge in [-0.1, -0.05) is 0 Å². The largest absolute Gasteiger partial charge is 2.00 e. The van der Waals surface area contributed by atoms with E-state index in [0.717, 1.165) is 0 Å². The van der Waals surface area contributed by atoms with Crippen LogP contribution in [0.15, 0.2) is 0 Å². The van der Waals surface area contributed by atoms with Gasteiger partial charge in [-0.3, -0.25) is 0 Å². The fourth-order valence-electron chi connectivity index (χ4n) is 0. The molecule has 0 aromatic carbocycles. The molecule has 0 saturated carbocycles. The summed E-state index contributed by atoms with van der Waals surface area (Å²) in [5.74, 6) is 0. The zero-order valence-electron chi connectivity index (χ0n) is 7.74. The molecule has 0 heterocycles. The Morgan fingerprint density at radius 3 is 0.353 bits per heavy atom. The molecule has 17 heavy (non-hydrogen) atoms. The monoisotopic (exact) mass is 368 g/mol. The van der Waals surface area contributed by atoms with E-state index in [1.54, 1.807) is 0 Å². The molecular weight excluding hydrogens is 371 g/mol. The van der Waals surface area contributed by atoms with E-state index in [4.69, 9.17) is 55.9 Å². The molecular formula is Cl3LiO12Zn. The molecule has 0 rings (SSSR count). The molecule has 0 aromatic rings. The van der Waals surface area contributed by atoms with Gasteiger partial charge in [-0.25, -0.2) is 55.9 Å². The zero-order valence-corrected chi connectivity index (χ0v) is 13.0. The van der Waals surface area contributed by atoms with Gasteiger partial charge in [0.15, 0.2) is 0 Å². The smallest absolute Gasteiger partial charge is 0.222 e. The summed E-state index contributed by atoms with van der Waals surface area (Å²) in [6, 6.07) is 0. The van der Waals surface area contributed by atoms with Gasteiger partial charge in [0.2, 0.25) is 0 Å². The van der Waals surface area contributed by atoms with Crippen molar-refractivity contribution in [1.82, 2.24) is 0 Å². The van der Waals surface area contributed by atoms with Gasteiger partial charge in [0, 0.05) is 0 Å². The Hall–Kier alpha value is 1.61. The van der Waals surface area contributed by atoms with Crippen LogP contribution in [-0.4, -0.2) is 0 Å². The predicted octanol–water partition coefficient (Wildman–Crippen LogP) is -17.3. The first-order valence-corrected chi connectivity index (χ1v) is 5.55. The van der Waals surface area contributed by atoms with Crippen molar-refractivity contribution in [3.63, 3.8) is 0 Å². The summed E-state index contributed by atoms with van der Waals surface area (Å²) in [7, 11) is -14.8. The Morgan fingerprint density at radius 2 is 0.353 bits per heavy atom. The molecule has 0 fully saturated rings. The molecule has 0 saturated heterocycles. The van der Waals surface area contributed by atoms with E-state index >= 15 is 0 Å². The maximum atomic E-state index is 8.49. The van der Waals surface area contributed by atoms with Crippen LogP contribution in [0.5, 0.6) is 0 Å². The Morgan fingerprint density at radius 1 is 0.353 bits per heavy atom. The van der Waals surface area contributed by atoms with Gasteiger partial charge >= 0.3 is 38.3 Å². The molecule has 0 aliphatic carbocycles. The standard InChI is InChI=1S/3ClHO4.Li.Zn/c3*2-1(3,4)5;;/h3*(H,2,3,4,5);;/q;;;+1;+2/p-3. The van der Waals surface area contributed by atoms with Gasteiger partial charge in [-0.15, -0.1) is 30.7 Å². The van der Waals surface area contributed by atoms with Gasteiger partial charge in [0.1, 0.15) is 0 Å². The molecule has 0 N–H and O–H groups in total. The van der Waals surface area contributed by atoms with Crippen LogP contribution >= 0.6 is 0 Å². The van der Waals surface area contributed by atoms with Crippen molar-refractivity contribution in [3.8, 4) is 0 Å². The van der Waals surface area contributed by atoms with E-state index < -0.39 is 30.7 Å². The van der Waals surface area contributed by atoms with Crippen LogP contribution in [0.1, 0.15) is 0 Å². The van der Waals surface area contributed by atoms with Crippen molar-refractivity contribution in [2.45, 2.75) is 0 Å². The van der Waals surface area contributed by atoms with Crippen LogP contribution in [0, 0.1) is 30.7 Å². The first-order valence-electron chi connectivity index (χ1n) is 1.85. The summed E-state index contributed by atoms with van der Waals surface area (Å²) in [5, 5.41) is 0. The molecule has 0 spiro atoms. The molecule has 0 aliphatic heterocycles. The zero-order chi connectivity index (χ0) is 13.5. The predicted molar refractivity (Wildman–Crippen MR) is 0 cm³/mol. The molecule has 0 amide bonds. The third-order valence-electron chi connectivity index (χ3n) is 0. The van der Waals surface area contributed by atoms with Gasteiger partial charge in [0.25, 0.3) is 0 Å². The average Bonchev–Trinajstić information content (AvgIpc) is 1.41. The van der Waals surface area contributed by atoms with Gasteiger partial charge < -0.3 is 0 Å². The molecule has 0 radical (unpaired) electrons. The minimum Gasteiger partial charge on any atom is -0.222 e. The number of rotatable bonds is 0. The minimum atomic E-state index is -4.94. The Bertz CT molecular complexity index is 96.8. The van der Waals surface area contributed by atoms with Crippen molar-refractivity contribution in [3.05, 3.63) is 0 Å². The van der Waals surface area contributed by atoms with Crippen LogP contribution in [0.25, 0.3) is 0 Å². The molecule has 0 bridgehead atoms. The summed E-state index contributed by atoms with van der Waals surface area (Å²) < 4.78 is 102. The minimum absolute atomic E-state index is 0. The summed E-state index contributed by atoms with van der Waals surface area (Å²) in [4.78, 5) is 0. The number of halogens is 3. The molecule has 0 unspecified atom stereocenters. The van der Waals surface area contributed by atoms with E-state index in [0.29, 0.717) is 0 Å².